The zero-order valence-corrected chi connectivity index (χ0v) is 13.7. The van der Waals surface area contributed by atoms with Crippen LogP contribution < -0.4 is 0 Å². The third kappa shape index (κ3) is 2.44. The third-order valence-corrected chi connectivity index (χ3v) is 4.66. The maximum atomic E-state index is 2.30. The summed E-state index contributed by atoms with van der Waals surface area (Å²) in [6.45, 7) is 8.97. The van der Waals surface area contributed by atoms with Gasteiger partial charge in [-0.3, -0.25) is 0 Å². The van der Waals surface area contributed by atoms with Crippen molar-refractivity contribution in [2.75, 3.05) is 0 Å². The highest BCUT2D eigenvalue weighted by Gasteiger charge is 2.15. The summed E-state index contributed by atoms with van der Waals surface area (Å²) < 4.78 is 0. The molecule has 0 N–H and O–H groups in total. The Bertz CT molecular complexity index is 585. The molecule has 0 bridgehead atoms. The maximum Gasteiger partial charge on any atom is 0.107 e. The Morgan fingerprint density at radius 1 is 0.650 bits per heavy atom. The van der Waals surface area contributed by atoms with Gasteiger partial charge in [0.05, 0.1) is 0 Å². The van der Waals surface area contributed by atoms with E-state index in [1.807, 2.05) is 0 Å². The molecule has 2 heteroatoms. The van der Waals surface area contributed by atoms with Crippen molar-refractivity contribution in [2.45, 2.75) is 40.3 Å². The Morgan fingerprint density at radius 2 is 1.00 bits per heavy atom. The van der Waals surface area contributed by atoms with Gasteiger partial charge in [-0.25, -0.2) is 0 Å². The molecule has 0 aromatic heterocycles. The van der Waals surface area contributed by atoms with Gasteiger partial charge in [0.25, 0.3) is 0 Å². The van der Waals surface area contributed by atoms with Crippen LogP contribution in [0.4, 0.5) is 0 Å². The van der Waals surface area contributed by atoms with Crippen LogP contribution in [0.2, 0.25) is 0 Å². The minimum Gasteiger partial charge on any atom is -0.0589 e. The number of aryl methyl sites for hydroxylation is 2. The first-order chi connectivity index (χ1) is 9.51. The lowest BCUT2D eigenvalue weighted by atomic mass is 9.79. The van der Waals surface area contributed by atoms with Gasteiger partial charge in [0.1, 0.15) is 15.7 Å². The number of rotatable bonds is 3. The van der Waals surface area contributed by atoms with E-state index in [1.54, 1.807) is 0 Å². The van der Waals surface area contributed by atoms with E-state index >= 15 is 0 Å². The Morgan fingerprint density at radius 3 is 1.30 bits per heavy atom. The fourth-order valence-electron chi connectivity index (χ4n) is 3.03. The molecule has 102 valence electrons. The second kappa shape index (κ2) is 5.91. The molecule has 0 aliphatic rings. The first-order valence-corrected chi connectivity index (χ1v) is 7.69. The molecule has 0 saturated carbocycles. The summed E-state index contributed by atoms with van der Waals surface area (Å²) >= 11 is 0. The first kappa shape index (κ1) is 15.0. The van der Waals surface area contributed by atoms with Crippen LogP contribution in [0.25, 0.3) is 11.1 Å². The average molecular weight is 262 g/mol. The Kier molecular flexibility index (Phi) is 4.42. The van der Waals surface area contributed by atoms with Gasteiger partial charge >= 0.3 is 0 Å². The molecule has 0 aliphatic heterocycles. The Hall–Kier alpha value is -1.43. The van der Waals surface area contributed by atoms with Crippen molar-refractivity contribution in [2.24, 2.45) is 0 Å². The summed E-state index contributed by atoms with van der Waals surface area (Å²) in [6, 6.07) is 9.13. The van der Waals surface area contributed by atoms with Crippen LogP contribution >= 0.6 is 0 Å². The molecule has 2 rings (SSSR count). The number of hydrogen-bond acceptors (Lipinski definition) is 0. The summed E-state index contributed by atoms with van der Waals surface area (Å²) in [6.07, 6.45) is 2.18. The fraction of sp³-hybridized carbons (Fsp3) is 0.333. The second-order valence-corrected chi connectivity index (χ2v) is 5.79. The van der Waals surface area contributed by atoms with Crippen molar-refractivity contribution >= 4 is 15.7 Å². The largest absolute Gasteiger partial charge is 0.107 e. The molecule has 0 atom stereocenters. The highest BCUT2D eigenvalue weighted by atomic mass is 14.2. The molecular weight excluding hydrogens is 238 g/mol. The van der Waals surface area contributed by atoms with Crippen molar-refractivity contribution in [1.29, 1.82) is 0 Å². The highest BCUT2D eigenvalue weighted by Crippen LogP contribution is 2.36. The lowest BCUT2D eigenvalue weighted by Crippen LogP contribution is -2.02. The van der Waals surface area contributed by atoms with Gasteiger partial charge in [-0.15, -0.1) is 0 Å². The smallest absolute Gasteiger partial charge is 0.0589 e. The van der Waals surface area contributed by atoms with Crippen LogP contribution in [0.3, 0.4) is 0 Å². The molecule has 0 saturated heterocycles. The molecule has 2 aromatic carbocycles. The molecule has 0 heterocycles. The number of hydrogen-bond donors (Lipinski definition) is 0. The summed E-state index contributed by atoms with van der Waals surface area (Å²) in [5, 5.41) is 0. The van der Waals surface area contributed by atoms with Gasteiger partial charge in [-0.1, -0.05) is 36.9 Å². The van der Waals surface area contributed by atoms with Crippen molar-refractivity contribution in [1.82, 2.24) is 0 Å². The zero-order valence-electron chi connectivity index (χ0n) is 13.7. The molecular formula is C18H24B2. The molecule has 0 nitrogen and oxygen atoms in total. The standard InChI is InChI=1S/C18H24B2/c1-11-5-7-15(9-19)17(13(11)3)18-14(4)12(2)6-8-16(18)10-20/h5-8H,9-10,19-20H2,1-4H3. The van der Waals surface area contributed by atoms with E-state index in [9.17, 15) is 0 Å². The minimum absolute atomic E-state index is 1.09. The van der Waals surface area contributed by atoms with Crippen molar-refractivity contribution < 1.29 is 0 Å². The normalized spacial score (nSPS) is 10.8. The van der Waals surface area contributed by atoms with Crippen molar-refractivity contribution in [3.05, 3.63) is 57.6 Å². The third-order valence-electron chi connectivity index (χ3n) is 4.66. The Balaban J connectivity index is 2.87. The van der Waals surface area contributed by atoms with Crippen LogP contribution in [0, 0.1) is 27.7 Å². The summed E-state index contributed by atoms with van der Waals surface area (Å²) in [4.78, 5) is 0. The summed E-state index contributed by atoms with van der Waals surface area (Å²) in [5.41, 5.74) is 11.5. The SMILES string of the molecule is BCc1ccc(C)c(C)c1-c1c(CB)ccc(C)c1C. The van der Waals surface area contributed by atoms with Gasteiger partial charge in [-0.2, -0.15) is 0 Å². The summed E-state index contributed by atoms with van der Waals surface area (Å²) in [7, 11) is 4.51. The van der Waals surface area contributed by atoms with E-state index in [0.717, 1.165) is 12.6 Å². The lowest BCUT2D eigenvalue weighted by molar-refractivity contribution is 1.23. The van der Waals surface area contributed by atoms with Gasteiger partial charge in [0, 0.05) is 0 Å². The predicted octanol–water partition coefficient (Wildman–Crippen LogP) is 2.85. The predicted molar refractivity (Wildman–Crippen MR) is 95.3 cm³/mol. The van der Waals surface area contributed by atoms with Gasteiger partial charge in [0.2, 0.25) is 0 Å². The van der Waals surface area contributed by atoms with Crippen LogP contribution in [0.5, 0.6) is 0 Å². The van der Waals surface area contributed by atoms with Crippen LogP contribution in [0.15, 0.2) is 24.3 Å². The Labute approximate surface area is 125 Å². The fourth-order valence-corrected chi connectivity index (χ4v) is 3.03. The van der Waals surface area contributed by atoms with Crippen LogP contribution in [0.1, 0.15) is 33.4 Å². The quantitative estimate of drug-likeness (QED) is 0.746. The molecule has 0 spiro atoms. The molecule has 0 unspecified atom stereocenters. The van der Waals surface area contributed by atoms with Crippen molar-refractivity contribution in [3.63, 3.8) is 0 Å². The lowest BCUT2D eigenvalue weighted by Gasteiger charge is -2.20. The molecule has 0 amide bonds. The average Bonchev–Trinajstić information content (AvgIpc) is 2.45. The minimum atomic E-state index is 1.09. The van der Waals surface area contributed by atoms with E-state index in [4.69, 9.17) is 0 Å². The molecule has 0 radical (unpaired) electrons. The van der Waals surface area contributed by atoms with Gasteiger partial charge < -0.3 is 0 Å². The molecule has 2 aromatic rings. The summed E-state index contributed by atoms with van der Waals surface area (Å²) in [5.74, 6) is 0. The highest BCUT2D eigenvalue weighted by molar-refractivity contribution is 6.10. The van der Waals surface area contributed by atoms with E-state index < -0.39 is 0 Å². The molecule has 20 heavy (non-hydrogen) atoms. The van der Waals surface area contributed by atoms with Crippen LogP contribution in [-0.2, 0) is 12.6 Å². The van der Waals surface area contributed by atoms with Crippen LogP contribution in [-0.4, -0.2) is 15.7 Å². The monoisotopic (exact) mass is 262 g/mol. The van der Waals surface area contributed by atoms with E-state index in [1.165, 1.54) is 44.5 Å². The van der Waals surface area contributed by atoms with Gasteiger partial charge in [0.15, 0.2) is 0 Å². The zero-order chi connectivity index (χ0) is 14.9. The van der Waals surface area contributed by atoms with E-state index in [2.05, 4.69) is 67.7 Å². The topological polar surface area (TPSA) is 0 Å². The second-order valence-electron chi connectivity index (χ2n) is 5.79. The molecule has 0 aliphatic carbocycles. The van der Waals surface area contributed by atoms with Crippen molar-refractivity contribution in [3.8, 4) is 11.1 Å². The van der Waals surface area contributed by atoms with E-state index in [-0.39, 0.29) is 0 Å². The van der Waals surface area contributed by atoms with Gasteiger partial charge in [-0.05, 0) is 72.2 Å². The maximum absolute atomic E-state index is 2.30. The number of benzene rings is 2. The first-order valence-electron chi connectivity index (χ1n) is 7.69. The van der Waals surface area contributed by atoms with E-state index in [0.29, 0.717) is 0 Å². The molecule has 0 fully saturated rings.